The van der Waals surface area contributed by atoms with Crippen LogP contribution in [0.5, 0.6) is 0 Å². The second kappa shape index (κ2) is 4.02. The Labute approximate surface area is 90.3 Å². The highest BCUT2D eigenvalue weighted by molar-refractivity contribution is 6.30. The van der Waals surface area contributed by atoms with E-state index in [1.54, 1.807) is 0 Å². The Bertz CT molecular complexity index is 378. The van der Waals surface area contributed by atoms with Crippen LogP contribution in [0.2, 0.25) is 5.02 Å². The summed E-state index contributed by atoms with van der Waals surface area (Å²) in [5.41, 5.74) is 1.74. The first-order valence-corrected chi connectivity index (χ1v) is 5.09. The van der Waals surface area contributed by atoms with Gasteiger partial charge in [-0.1, -0.05) is 24.6 Å². The summed E-state index contributed by atoms with van der Waals surface area (Å²) < 4.78 is 0. The van der Waals surface area contributed by atoms with Crippen LogP contribution in [0.25, 0.3) is 0 Å². The van der Waals surface area contributed by atoms with E-state index >= 15 is 0 Å². The Morgan fingerprint density at radius 1 is 1.50 bits per heavy atom. The minimum atomic E-state index is -0.422. The number of nitriles is 1. The van der Waals surface area contributed by atoms with E-state index in [4.69, 9.17) is 16.9 Å². The van der Waals surface area contributed by atoms with Crippen molar-refractivity contribution in [1.82, 2.24) is 0 Å². The molecule has 1 rings (SSSR count). The summed E-state index contributed by atoms with van der Waals surface area (Å²) in [5.74, 6) is 0. The summed E-state index contributed by atoms with van der Waals surface area (Å²) in [5, 5.41) is 9.86. The smallest absolute Gasteiger partial charge is 0.0794 e. The van der Waals surface area contributed by atoms with Crippen molar-refractivity contribution >= 4 is 11.6 Å². The quantitative estimate of drug-likeness (QED) is 0.723. The molecule has 0 saturated carbocycles. The zero-order valence-corrected chi connectivity index (χ0v) is 9.52. The highest BCUT2D eigenvalue weighted by atomic mass is 35.5. The fourth-order valence-corrected chi connectivity index (χ4v) is 1.69. The van der Waals surface area contributed by atoms with Gasteiger partial charge in [0, 0.05) is 5.02 Å². The topological polar surface area (TPSA) is 23.8 Å². The molecular formula is C12H14ClN. The maximum atomic E-state index is 9.16. The average molecular weight is 208 g/mol. The molecule has 14 heavy (non-hydrogen) atoms. The zero-order chi connectivity index (χ0) is 10.8. The van der Waals surface area contributed by atoms with Crippen molar-refractivity contribution in [3.63, 3.8) is 0 Å². The highest BCUT2D eigenvalue weighted by Crippen LogP contribution is 2.31. The molecule has 1 atom stereocenters. The maximum Gasteiger partial charge on any atom is 0.0794 e. The van der Waals surface area contributed by atoms with Gasteiger partial charge in [-0.15, -0.1) is 0 Å². The van der Waals surface area contributed by atoms with Crippen molar-refractivity contribution in [2.45, 2.75) is 32.6 Å². The van der Waals surface area contributed by atoms with E-state index in [1.165, 1.54) is 0 Å². The molecule has 0 aliphatic rings. The normalized spacial score (nSPS) is 14.5. The zero-order valence-electron chi connectivity index (χ0n) is 8.76. The summed E-state index contributed by atoms with van der Waals surface area (Å²) in [4.78, 5) is 0. The molecule has 0 amide bonds. The largest absolute Gasteiger partial charge is 0.197 e. The van der Waals surface area contributed by atoms with Gasteiger partial charge in [0.2, 0.25) is 0 Å². The van der Waals surface area contributed by atoms with E-state index in [0.29, 0.717) is 5.02 Å². The summed E-state index contributed by atoms with van der Waals surface area (Å²) in [7, 11) is 0. The van der Waals surface area contributed by atoms with E-state index in [1.807, 2.05) is 39.0 Å². The van der Waals surface area contributed by atoms with Gasteiger partial charge >= 0.3 is 0 Å². The average Bonchev–Trinajstić information content (AvgIpc) is 2.20. The molecule has 0 radical (unpaired) electrons. The number of rotatable bonds is 2. The molecule has 0 aliphatic carbocycles. The molecule has 0 bridgehead atoms. The monoisotopic (exact) mass is 207 g/mol. The molecule has 0 fully saturated rings. The third kappa shape index (κ3) is 1.91. The Morgan fingerprint density at radius 2 is 2.14 bits per heavy atom. The van der Waals surface area contributed by atoms with Crippen LogP contribution in [0.4, 0.5) is 0 Å². The van der Waals surface area contributed by atoms with Crippen LogP contribution < -0.4 is 0 Å². The number of hydrogen-bond acceptors (Lipinski definition) is 1. The molecule has 0 aromatic heterocycles. The second-order valence-corrected chi connectivity index (χ2v) is 4.19. The molecule has 74 valence electrons. The van der Waals surface area contributed by atoms with E-state index in [0.717, 1.165) is 17.5 Å². The van der Waals surface area contributed by atoms with Crippen molar-refractivity contribution in [3.05, 3.63) is 34.3 Å². The molecule has 0 N–H and O–H groups in total. The number of benzene rings is 1. The van der Waals surface area contributed by atoms with Gasteiger partial charge in [0.1, 0.15) is 0 Å². The van der Waals surface area contributed by atoms with E-state index in [2.05, 4.69) is 6.07 Å². The predicted molar refractivity (Wildman–Crippen MR) is 59.4 cm³/mol. The van der Waals surface area contributed by atoms with Gasteiger partial charge in [0.25, 0.3) is 0 Å². The first kappa shape index (κ1) is 11.1. The molecule has 0 heterocycles. The Balaban J connectivity index is 3.31. The molecule has 2 heteroatoms. The van der Waals surface area contributed by atoms with Crippen molar-refractivity contribution in [2.75, 3.05) is 0 Å². The molecule has 1 aromatic rings. The van der Waals surface area contributed by atoms with Gasteiger partial charge in [0.15, 0.2) is 0 Å². The SMILES string of the molecule is CCC(C)(C#N)c1cc(Cl)ccc1C. The van der Waals surface area contributed by atoms with E-state index < -0.39 is 5.41 Å². The number of nitrogens with zero attached hydrogens (tertiary/aromatic N) is 1. The van der Waals surface area contributed by atoms with Gasteiger partial charge in [-0.25, -0.2) is 0 Å². The molecule has 1 nitrogen and oxygen atoms in total. The number of halogens is 1. The number of hydrogen-bond donors (Lipinski definition) is 0. The van der Waals surface area contributed by atoms with Crippen LogP contribution in [-0.4, -0.2) is 0 Å². The van der Waals surface area contributed by atoms with Crippen molar-refractivity contribution in [3.8, 4) is 6.07 Å². The summed E-state index contributed by atoms with van der Waals surface area (Å²) >= 11 is 5.93. The standard InChI is InChI=1S/C12H14ClN/c1-4-12(3,8-14)11-7-10(13)6-5-9(11)2/h5-7H,4H2,1-3H3. The van der Waals surface area contributed by atoms with E-state index in [9.17, 15) is 0 Å². The van der Waals surface area contributed by atoms with Gasteiger partial charge in [-0.3, -0.25) is 0 Å². The van der Waals surface area contributed by atoms with E-state index in [-0.39, 0.29) is 0 Å². The maximum absolute atomic E-state index is 9.16. The Kier molecular flexibility index (Phi) is 3.18. The fourth-order valence-electron chi connectivity index (χ4n) is 1.52. The third-order valence-electron chi connectivity index (χ3n) is 2.75. The van der Waals surface area contributed by atoms with Crippen LogP contribution >= 0.6 is 11.6 Å². The summed E-state index contributed by atoms with van der Waals surface area (Å²) in [6.07, 6.45) is 0.796. The van der Waals surface area contributed by atoms with Crippen LogP contribution in [0.15, 0.2) is 18.2 Å². The summed E-state index contributed by atoms with van der Waals surface area (Å²) in [6, 6.07) is 8.06. The van der Waals surface area contributed by atoms with Gasteiger partial charge in [-0.2, -0.15) is 5.26 Å². The first-order chi connectivity index (χ1) is 6.53. The predicted octanol–water partition coefficient (Wildman–Crippen LogP) is 3.84. The van der Waals surface area contributed by atoms with Crippen LogP contribution in [0.1, 0.15) is 31.4 Å². The second-order valence-electron chi connectivity index (χ2n) is 3.76. The van der Waals surface area contributed by atoms with Crippen molar-refractivity contribution < 1.29 is 0 Å². The molecule has 0 aliphatic heterocycles. The third-order valence-corrected chi connectivity index (χ3v) is 2.98. The Morgan fingerprint density at radius 3 is 2.64 bits per heavy atom. The molecule has 0 saturated heterocycles. The molecule has 1 unspecified atom stereocenters. The minimum absolute atomic E-state index is 0.422. The number of aryl methyl sites for hydroxylation is 1. The molecule has 0 spiro atoms. The molecular weight excluding hydrogens is 194 g/mol. The van der Waals surface area contributed by atoms with Crippen LogP contribution in [0, 0.1) is 18.3 Å². The van der Waals surface area contributed by atoms with Gasteiger partial charge < -0.3 is 0 Å². The lowest BCUT2D eigenvalue weighted by molar-refractivity contribution is 0.583. The first-order valence-electron chi connectivity index (χ1n) is 4.71. The lowest BCUT2D eigenvalue weighted by atomic mass is 9.79. The van der Waals surface area contributed by atoms with Crippen LogP contribution in [-0.2, 0) is 5.41 Å². The van der Waals surface area contributed by atoms with Gasteiger partial charge in [-0.05, 0) is 43.5 Å². The lowest BCUT2D eigenvalue weighted by Gasteiger charge is -2.22. The van der Waals surface area contributed by atoms with Crippen molar-refractivity contribution in [2.24, 2.45) is 0 Å². The fraction of sp³-hybridized carbons (Fsp3) is 0.417. The Hall–Kier alpha value is -1.00. The van der Waals surface area contributed by atoms with Gasteiger partial charge in [0.05, 0.1) is 11.5 Å². The van der Waals surface area contributed by atoms with Crippen LogP contribution in [0.3, 0.4) is 0 Å². The van der Waals surface area contributed by atoms with Crippen molar-refractivity contribution in [1.29, 1.82) is 5.26 Å². The lowest BCUT2D eigenvalue weighted by Crippen LogP contribution is -2.19. The summed E-state index contributed by atoms with van der Waals surface area (Å²) in [6.45, 7) is 5.98. The molecule has 1 aromatic carbocycles. The highest BCUT2D eigenvalue weighted by Gasteiger charge is 2.25. The minimum Gasteiger partial charge on any atom is -0.197 e.